The fraction of sp³-hybridized carbons (Fsp3) is 0.462. The monoisotopic (exact) mass is 333 g/mol. The van der Waals surface area contributed by atoms with Crippen LogP contribution < -0.4 is 10.1 Å². The number of alkyl carbamates (subject to hydrolysis) is 1. The summed E-state index contributed by atoms with van der Waals surface area (Å²) in [6, 6.07) is 4.78. The van der Waals surface area contributed by atoms with E-state index in [1.807, 2.05) is 0 Å². The number of carbonyl (C=O) groups excluding carboxylic acids is 1. The van der Waals surface area contributed by atoms with Crippen LogP contribution in [-0.2, 0) is 4.74 Å². The molecule has 0 atom stereocenters. The van der Waals surface area contributed by atoms with E-state index in [0.29, 0.717) is 4.47 Å². The highest BCUT2D eigenvalue weighted by atomic mass is 79.9. The lowest BCUT2D eigenvalue weighted by Crippen LogP contribution is -2.34. The molecule has 0 bridgehead atoms. The van der Waals surface area contributed by atoms with Crippen LogP contribution in [0.3, 0.4) is 0 Å². The van der Waals surface area contributed by atoms with Crippen molar-refractivity contribution < 1.29 is 18.7 Å². The van der Waals surface area contributed by atoms with E-state index in [1.165, 1.54) is 6.07 Å². The lowest BCUT2D eigenvalue weighted by atomic mass is 10.2. The summed E-state index contributed by atoms with van der Waals surface area (Å²) in [5, 5.41) is 2.52. The second kappa shape index (κ2) is 6.75. The number of carbonyl (C=O) groups is 1. The first-order valence-electron chi connectivity index (χ1n) is 5.83. The van der Waals surface area contributed by atoms with Gasteiger partial charge in [0, 0.05) is 0 Å². The first kappa shape index (κ1) is 15.8. The first-order valence-corrected chi connectivity index (χ1v) is 6.62. The molecular formula is C13H17BrFNO3. The maximum Gasteiger partial charge on any atom is 0.407 e. The molecule has 19 heavy (non-hydrogen) atoms. The lowest BCUT2D eigenvalue weighted by molar-refractivity contribution is 0.0520. The highest BCUT2D eigenvalue weighted by Gasteiger charge is 2.15. The van der Waals surface area contributed by atoms with Crippen LogP contribution in [0, 0.1) is 5.82 Å². The molecule has 1 amide bonds. The largest absolute Gasteiger partial charge is 0.489 e. The highest BCUT2D eigenvalue weighted by molar-refractivity contribution is 9.10. The average Bonchev–Trinajstić information content (AvgIpc) is 2.27. The van der Waals surface area contributed by atoms with Crippen LogP contribution >= 0.6 is 15.9 Å². The van der Waals surface area contributed by atoms with Crippen LogP contribution in [-0.4, -0.2) is 24.8 Å². The lowest BCUT2D eigenvalue weighted by Gasteiger charge is -2.19. The van der Waals surface area contributed by atoms with Crippen molar-refractivity contribution in [3.63, 3.8) is 0 Å². The Morgan fingerprint density at radius 3 is 2.74 bits per heavy atom. The van der Waals surface area contributed by atoms with Gasteiger partial charge in [-0.25, -0.2) is 9.18 Å². The molecule has 0 unspecified atom stereocenters. The predicted molar refractivity (Wildman–Crippen MR) is 73.8 cm³/mol. The minimum absolute atomic E-state index is 0.139. The van der Waals surface area contributed by atoms with Gasteiger partial charge in [0.2, 0.25) is 0 Å². The molecular weight excluding hydrogens is 317 g/mol. The third-order valence-corrected chi connectivity index (χ3v) is 2.56. The van der Waals surface area contributed by atoms with Crippen LogP contribution in [0.2, 0.25) is 0 Å². The second-order valence-corrected chi connectivity index (χ2v) is 5.68. The van der Waals surface area contributed by atoms with Crippen molar-refractivity contribution in [3.8, 4) is 5.75 Å². The fourth-order valence-electron chi connectivity index (χ4n) is 1.22. The summed E-state index contributed by atoms with van der Waals surface area (Å²) < 4.78 is 24.1. The number of nitrogens with one attached hydrogen (secondary N) is 1. The van der Waals surface area contributed by atoms with E-state index in [4.69, 9.17) is 9.47 Å². The van der Waals surface area contributed by atoms with Gasteiger partial charge in [-0.2, -0.15) is 0 Å². The van der Waals surface area contributed by atoms with E-state index in [1.54, 1.807) is 32.9 Å². The van der Waals surface area contributed by atoms with Gasteiger partial charge in [0.15, 0.2) is 11.6 Å². The van der Waals surface area contributed by atoms with Crippen LogP contribution in [0.15, 0.2) is 22.7 Å². The fourth-order valence-corrected chi connectivity index (χ4v) is 1.57. The molecule has 106 valence electrons. The van der Waals surface area contributed by atoms with Gasteiger partial charge in [-0.05, 0) is 48.8 Å². The van der Waals surface area contributed by atoms with Gasteiger partial charge >= 0.3 is 6.09 Å². The quantitative estimate of drug-likeness (QED) is 0.858. The second-order valence-electron chi connectivity index (χ2n) is 4.83. The molecule has 0 fully saturated rings. The zero-order chi connectivity index (χ0) is 14.5. The summed E-state index contributed by atoms with van der Waals surface area (Å²) in [4.78, 5) is 11.3. The molecule has 1 aromatic rings. The molecule has 6 heteroatoms. The van der Waals surface area contributed by atoms with Gasteiger partial charge in [-0.3, -0.25) is 0 Å². The van der Waals surface area contributed by atoms with Crippen LogP contribution in [0.1, 0.15) is 20.8 Å². The number of amides is 1. The maximum absolute atomic E-state index is 13.5. The van der Waals surface area contributed by atoms with E-state index in [9.17, 15) is 9.18 Å². The van der Waals surface area contributed by atoms with Crippen molar-refractivity contribution in [3.05, 3.63) is 28.5 Å². The summed E-state index contributed by atoms with van der Waals surface area (Å²) >= 11 is 3.07. The minimum atomic E-state index is -0.540. The van der Waals surface area contributed by atoms with Gasteiger partial charge < -0.3 is 14.8 Å². The standard InChI is InChI=1S/C13H17BrFNO3/c1-13(2,3)19-12(17)16-7-8-18-10-6-4-5-9(14)11(10)15/h4-6H,7-8H2,1-3H3,(H,16,17). The van der Waals surface area contributed by atoms with Crippen LogP contribution in [0.5, 0.6) is 5.75 Å². The number of hydrogen-bond donors (Lipinski definition) is 1. The third kappa shape index (κ3) is 5.92. The topological polar surface area (TPSA) is 47.6 Å². The molecule has 0 heterocycles. The summed E-state index contributed by atoms with van der Waals surface area (Å²) in [5.74, 6) is -0.319. The van der Waals surface area contributed by atoms with Crippen molar-refractivity contribution >= 4 is 22.0 Å². The van der Waals surface area contributed by atoms with Gasteiger partial charge in [0.25, 0.3) is 0 Å². The zero-order valence-electron chi connectivity index (χ0n) is 11.1. The SMILES string of the molecule is CC(C)(C)OC(=O)NCCOc1cccc(Br)c1F. The Labute approximate surface area is 120 Å². The first-order chi connectivity index (χ1) is 8.79. The highest BCUT2D eigenvalue weighted by Crippen LogP contribution is 2.24. The Hall–Kier alpha value is -1.30. The smallest absolute Gasteiger partial charge is 0.407 e. The van der Waals surface area contributed by atoms with Crippen molar-refractivity contribution in [2.24, 2.45) is 0 Å². The van der Waals surface area contributed by atoms with Crippen molar-refractivity contribution in [1.29, 1.82) is 0 Å². The number of rotatable bonds is 4. The molecule has 0 saturated heterocycles. The van der Waals surface area contributed by atoms with Crippen molar-refractivity contribution in [1.82, 2.24) is 5.32 Å². The van der Waals surface area contributed by atoms with Gasteiger partial charge in [-0.15, -0.1) is 0 Å². The zero-order valence-corrected chi connectivity index (χ0v) is 12.7. The molecule has 0 aliphatic heterocycles. The summed E-state index contributed by atoms with van der Waals surface area (Å²) in [6.45, 7) is 5.73. The molecule has 0 aliphatic carbocycles. The maximum atomic E-state index is 13.5. The van der Waals surface area contributed by atoms with Crippen molar-refractivity contribution in [2.45, 2.75) is 26.4 Å². The molecule has 0 aromatic heterocycles. The Bertz CT molecular complexity index is 446. The Kier molecular flexibility index (Phi) is 5.60. The van der Waals surface area contributed by atoms with Crippen molar-refractivity contribution in [2.75, 3.05) is 13.2 Å². The van der Waals surface area contributed by atoms with Crippen LogP contribution in [0.4, 0.5) is 9.18 Å². The Balaban J connectivity index is 2.32. The summed E-state index contributed by atoms with van der Waals surface area (Å²) in [7, 11) is 0. The van der Waals surface area contributed by atoms with Gasteiger partial charge in [0.05, 0.1) is 11.0 Å². The molecule has 1 aromatic carbocycles. The summed E-state index contributed by atoms with van der Waals surface area (Å²) in [5.41, 5.74) is -0.540. The molecule has 0 radical (unpaired) electrons. The number of ether oxygens (including phenoxy) is 2. The molecule has 0 aliphatic rings. The van der Waals surface area contributed by atoms with E-state index in [-0.39, 0.29) is 18.9 Å². The molecule has 0 saturated carbocycles. The van der Waals surface area contributed by atoms with E-state index < -0.39 is 17.5 Å². The number of hydrogen-bond acceptors (Lipinski definition) is 3. The summed E-state index contributed by atoms with van der Waals surface area (Å²) in [6.07, 6.45) is -0.522. The van der Waals surface area contributed by atoms with E-state index >= 15 is 0 Å². The van der Waals surface area contributed by atoms with Gasteiger partial charge in [-0.1, -0.05) is 6.07 Å². The molecule has 1 N–H and O–H groups in total. The normalized spacial score (nSPS) is 11.0. The number of halogens is 2. The van der Waals surface area contributed by atoms with E-state index in [2.05, 4.69) is 21.2 Å². The molecule has 0 spiro atoms. The average molecular weight is 334 g/mol. The molecule has 1 rings (SSSR count). The van der Waals surface area contributed by atoms with Crippen LogP contribution in [0.25, 0.3) is 0 Å². The van der Waals surface area contributed by atoms with E-state index in [0.717, 1.165) is 0 Å². The Morgan fingerprint density at radius 1 is 1.42 bits per heavy atom. The minimum Gasteiger partial charge on any atom is -0.489 e. The Morgan fingerprint density at radius 2 is 2.11 bits per heavy atom. The van der Waals surface area contributed by atoms with Gasteiger partial charge in [0.1, 0.15) is 12.2 Å². The molecule has 4 nitrogen and oxygen atoms in total. The number of benzene rings is 1. The predicted octanol–water partition coefficient (Wildman–Crippen LogP) is 3.49. The third-order valence-electron chi connectivity index (χ3n) is 1.94.